The van der Waals surface area contributed by atoms with Gasteiger partial charge in [0.1, 0.15) is 11.3 Å². The molecular weight excluding hydrogens is 302 g/mol. The number of nitrogens with zero attached hydrogens (tertiary/aromatic N) is 2. The number of aromatic amines is 1. The van der Waals surface area contributed by atoms with Gasteiger partial charge in [-0.15, -0.1) is 0 Å². The highest BCUT2D eigenvalue weighted by atomic mass is 32.1. The van der Waals surface area contributed by atoms with Crippen LogP contribution in [0.2, 0.25) is 0 Å². The SMILES string of the molecule is COc1cccc(-n2c(O)c(C=NC3CC3)c(=O)[nH]c2=S)c1. The van der Waals surface area contributed by atoms with Crippen molar-refractivity contribution in [3.05, 3.63) is 45.0 Å². The van der Waals surface area contributed by atoms with E-state index in [2.05, 4.69) is 9.98 Å². The van der Waals surface area contributed by atoms with Crippen molar-refractivity contribution in [3.8, 4) is 17.3 Å². The lowest BCUT2D eigenvalue weighted by Crippen LogP contribution is -2.18. The van der Waals surface area contributed by atoms with Gasteiger partial charge in [0.25, 0.3) is 5.56 Å². The van der Waals surface area contributed by atoms with Gasteiger partial charge in [0, 0.05) is 12.3 Å². The number of rotatable bonds is 4. The number of hydrogen-bond acceptors (Lipinski definition) is 5. The molecule has 0 atom stereocenters. The maximum atomic E-state index is 12.0. The Balaban J connectivity index is 2.16. The van der Waals surface area contributed by atoms with Crippen molar-refractivity contribution < 1.29 is 9.84 Å². The van der Waals surface area contributed by atoms with Crippen molar-refractivity contribution in [1.29, 1.82) is 0 Å². The molecule has 1 fully saturated rings. The first kappa shape index (κ1) is 14.5. The maximum absolute atomic E-state index is 12.0. The molecule has 1 saturated carbocycles. The Labute approximate surface area is 131 Å². The van der Waals surface area contributed by atoms with Crippen LogP contribution in [0.3, 0.4) is 0 Å². The molecule has 0 bridgehead atoms. The fourth-order valence-corrected chi connectivity index (χ4v) is 2.33. The monoisotopic (exact) mass is 317 g/mol. The van der Waals surface area contributed by atoms with Crippen molar-refractivity contribution in [3.63, 3.8) is 0 Å². The van der Waals surface area contributed by atoms with E-state index < -0.39 is 5.56 Å². The van der Waals surface area contributed by atoms with Gasteiger partial charge < -0.3 is 9.84 Å². The van der Waals surface area contributed by atoms with Gasteiger partial charge in [0.2, 0.25) is 5.88 Å². The van der Waals surface area contributed by atoms with Crippen LogP contribution in [0.1, 0.15) is 18.4 Å². The molecule has 1 aromatic heterocycles. The van der Waals surface area contributed by atoms with Crippen LogP contribution < -0.4 is 10.3 Å². The molecule has 2 N–H and O–H groups in total. The summed E-state index contributed by atoms with van der Waals surface area (Å²) in [6, 6.07) is 7.30. The highest BCUT2D eigenvalue weighted by molar-refractivity contribution is 7.71. The van der Waals surface area contributed by atoms with E-state index in [-0.39, 0.29) is 22.3 Å². The van der Waals surface area contributed by atoms with E-state index >= 15 is 0 Å². The Morgan fingerprint density at radius 2 is 2.27 bits per heavy atom. The van der Waals surface area contributed by atoms with Gasteiger partial charge in [-0.1, -0.05) is 6.07 Å². The number of aromatic hydroxyl groups is 1. The number of H-pyrrole nitrogens is 1. The minimum Gasteiger partial charge on any atom is -0.497 e. The van der Waals surface area contributed by atoms with Crippen LogP contribution in [0.4, 0.5) is 0 Å². The molecule has 2 aromatic rings. The van der Waals surface area contributed by atoms with Gasteiger partial charge in [-0.05, 0) is 37.2 Å². The lowest BCUT2D eigenvalue weighted by molar-refractivity contribution is 0.413. The second-order valence-corrected chi connectivity index (χ2v) is 5.43. The van der Waals surface area contributed by atoms with Crippen molar-refractivity contribution in [1.82, 2.24) is 9.55 Å². The second-order valence-electron chi connectivity index (χ2n) is 5.04. The third kappa shape index (κ3) is 2.80. The number of hydrogen-bond donors (Lipinski definition) is 2. The Morgan fingerprint density at radius 3 is 2.95 bits per heavy atom. The molecule has 1 heterocycles. The van der Waals surface area contributed by atoms with Gasteiger partial charge in [-0.2, -0.15) is 0 Å². The highest BCUT2D eigenvalue weighted by Gasteiger charge is 2.20. The molecule has 0 radical (unpaired) electrons. The van der Waals surface area contributed by atoms with Crippen LogP contribution in [0, 0.1) is 4.77 Å². The molecule has 7 heteroatoms. The maximum Gasteiger partial charge on any atom is 0.264 e. The minimum absolute atomic E-state index is 0.100. The Morgan fingerprint density at radius 1 is 1.50 bits per heavy atom. The van der Waals surface area contributed by atoms with E-state index in [0.717, 1.165) is 12.8 Å². The van der Waals surface area contributed by atoms with Crippen molar-refractivity contribution in [2.45, 2.75) is 18.9 Å². The largest absolute Gasteiger partial charge is 0.497 e. The molecule has 6 nitrogen and oxygen atoms in total. The van der Waals surface area contributed by atoms with Gasteiger partial charge >= 0.3 is 0 Å². The summed E-state index contributed by atoms with van der Waals surface area (Å²) in [6.07, 6.45) is 3.45. The summed E-state index contributed by atoms with van der Waals surface area (Å²) in [4.78, 5) is 18.8. The van der Waals surface area contributed by atoms with Crippen LogP contribution in [0.5, 0.6) is 11.6 Å². The molecule has 1 aromatic carbocycles. The van der Waals surface area contributed by atoms with E-state index in [0.29, 0.717) is 11.4 Å². The summed E-state index contributed by atoms with van der Waals surface area (Å²) in [6.45, 7) is 0. The van der Waals surface area contributed by atoms with Crippen molar-refractivity contribution >= 4 is 18.4 Å². The number of methoxy groups -OCH3 is 1. The molecule has 3 rings (SSSR count). The summed E-state index contributed by atoms with van der Waals surface area (Å²) in [5.41, 5.74) is 0.244. The van der Waals surface area contributed by atoms with Crippen molar-refractivity contribution in [2.75, 3.05) is 7.11 Å². The fraction of sp³-hybridized carbons (Fsp3) is 0.267. The van der Waals surface area contributed by atoms with E-state index in [1.54, 1.807) is 31.4 Å². The van der Waals surface area contributed by atoms with Gasteiger partial charge in [-0.3, -0.25) is 19.3 Å². The first-order chi connectivity index (χ1) is 10.6. The van der Waals surface area contributed by atoms with Crippen LogP contribution in [-0.4, -0.2) is 34.0 Å². The summed E-state index contributed by atoms with van der Waals surface area (Å²) in [5.74, 6) is 0.393. The van der Waals surface area contributed by atoms with E-state index in [1.807, 2.05) is 0 Å². The number of aromatic nitrogens is 2. The zero-order valence-electron chi connectivity index (χ0n) is 11.9. The molecule has 0 unspecified atom stereocenters. The van der Waals surface area contributed by atoms with Crippen molar-refractivity contribution in [2.24, 2.45) is 4.99 Å². The lowest BCUT2D eigenvalue weighted by Gasteiger charge is -2.12. The molecule has 22 heavy (non-hydrogen) atoms. The number of ether oxygens (including phenoxy) is 1. The van der Waals surface area contributed by atoms with E-state index in [4.69, 9.17) is 17.0 Å². The standard InChI is InChI=1S/C15H15N3O3S/c1-21-11-4-2-3-10(7-11)18-14(20)12(8-16-9-5-6-9)13(19)17-15(18)22/h2-4,7-9,20H,5-6H2,1H3,(H,17,19,22). The summed E-state index contributed by atoms with van der Waals surface area (Å²) in [7, 11) is 1.55. The zero-order valence-corrected chi connectivity index (χ0v) is 12.8. The van der Waals surface area contributed by atoms with E-state index in [1.165, 1.54) is 10.8 Å². The second kappa shape index (κ2) is 5.76. The van der Waals surface area contributed by atoms with Gasteiger partial charge in [-0.25, -0.2) is 0 Å². The Kier molecular flexibility index (Phi) is 3.81. The normalized spacial score (nSPS) is 14.4. The zero-order chi connectivity index (χ0) is 15.7. The first-order valence-corrected chi connectivity index (χ1v) is 7.27. The summed E-state index contributed by atoms with van der Waals surface area (Å²) in [5, 5.41) is 10.4. The van der Waals surface area contributed by atoms with Crippen LogP contribution in [0.25, 0.3) is 5.69 Å². The van der Waals surface area contributed by atoms with Gasteiger partial charge in [0.15, 0.2) is 4.77 Å². The van der Waals surface area contributed by atoms with E-state index in [9.17, 15) is 9.90 Å². The average Bonchev–Trinajstić information content (AvgIpc) is 3.31. The fourth-order valence-electron chi connectivity index (χ4n) is 2.05. The third-order valence-electron chi connectivity index (χ3n) is 3.39. The van der Waals surface area contributed by atoms with Crippen LogP contribution >= 0.6 is 12.2 Å². The number of benzene rings is 1. The molecule has 1 aliphatic carbocycles. The molecule has 0 aliphatic heterocycles. The smallest absolute Gasteiger partial charge is 0.264 e. The van der Waals surface area contributed by atoms with Crippen LogP contribution in [-0.2, 0) is 0 Å². The third-order valence-corrected chi connectivity index (χ3v) is 3.68. The Bertz CT molecular complexity index is 850. The molecule has 114 valence electrons. The van der Waals surface area contributed by atoms with Gasteiger partial charge in [0.05, 0.1) is 18.8 Å². The topological polar surface area (TPSA) is 79.6 Å². The minimum atomic E-state index is -0.453. The summed E-state index contributed by atoms with van der Waals surface area (Å²) < 4.78 is 6.66. The van der Waals surface area contributed by atoms with Crippen LogP contribution in [0.15, 0.2) is 34.1 Å². The molecular formula is C15H15N3O3S. The molecule has 1 aliphatic rings. The summed E-state index contributed by atoms with van der Waals surface area (Å²) >= 11 is 5.16. The average molecular weight is 317 g/mol. The molecule has 0 saturated heterocycles. The highest BCUT2D eigenvalue weighted by Crippen LogP contribution is 2.25. The Hall–Kier alpha value is -2.41. The number of nitrogens with one attached hydrogen (secondary N) is 1. The predicted molar refractivity (Wildman–Crippen MR) is 86.1 cm³/mol. The molecule has 0 spiro atoms. The first-order valence-electron chi connectivity index (χ1n) is 6.86. The lowest BCUT2D eigenvalue weighted by atomic mass is 10.2. The molecule has 0 amide bonds. The quantitative estimate of drug-likeness (QED) is 0.669. The predicted octanol–water partition coefficient (Wildman–Crippen LogP) is 2.19. The number of aliphatic imine (C=N–C) groups is 1.